The average molecular weight is 161 g/mol. The second-order valence-corrected chi connectivity index (χ2v) is 3.22. The molecule has 0 aromatic carbocycles. The molecule has 0 fully saturated rings. The van der Waals surface area contributed by atoms with Crippen molar-refractivity contribution in [3.8, 4) is 0 Å². The Morgan fingerprint density at radius 1 is 1.58 bits per heavy atom. The van der Waals surface area contributed by atoms with Crippen LogP contribution in [-0.2, 0) is 4.79 Å². The van der Waals surface area contributed by atoms with Crippen LogP contribution >= 0.6 is 0 Å². The van der Waals surface area contributed by atoms with Crippen LogP contribution in [0.15, 0.2) is 35.6 Å². The van der Waals surface area contributed by atoms with E-state index in [1.54, 1.807) is 0 Å². The third-order valence-corrected chi connectivity index (χ3v) is 2.33. The molecule has 1 N–H and O–H groups in total. The minimum Gasteiger partial charge on any atom is -0.381 e. The van der Waals surface area contributed by atoms with Gasteiger partial charge < -0.3 is 5.32 Å². The van der Waals surface area contributed by atoms with Gasteiger partial charge in [0, 0.05) is 17.2 Å². The first-order valence-electron chi connectivity index (χ1n) is 4.10. The Bertz CT molecular complexity index is 299. The van der Waals surface area contributed by atoms with Crippen LogP contribution in [-0.4, -0.2) is 12.3 Å². The summed E-state index contributed by atoms with van der Waals surface area (Å²) in [5.41, 5.74) is 2.00. The molecule has 62 valence electrons. The fraction of sp³-hybridized carbons (Fsp3) is 0.300. The predicted octanol–water partition coefficient (Wildman–Crippen LogP) is 1.17. The Hall–Kier alpha value is -1.31. The van der Waals surface area contributed by atoms with E-state index < -0.39 is 0 Å². The monoisotopic (exact) mass is 161 g/mol. The molecule has 2 aliphatic rings. The zero-order valence-corrected chi connectivity index (χ0v) is 6.95. The largest absolute Gasteiger partial charge is 0.381 e. The van der Waals surface area contributed by atoms with E-state index in [2.05, 4.69) is 17.5 Å². The van der Waals surface area contributed by atoms with Crippen LogP contribution in [0, 0.1) is 5.92 Å². The van der Waals surface area contributed by atoms with Crippen LogP contribution in [0.25, 0.3) is 0 Å². The van der Waals surface area contributed by atoms with E-state index in [1.165, 1.54) is 0 Å². The normalized spacial score (nSPS) is 31.8. The number of allylic oxidation sites excluding steroid dienone is 3. The van der Waals surface area contributed by atoms with Crippen molar-refractivity contribution in [2.75, 3.05) is 0 Å². The number of hydrogen-bond acceptors (Lipinski definition) is 2. The highest BCUT2D eigenvalue weighted by Gasteiger charge is 2.27. The Morgan fingerprint density at radius 2 is 2.42 bits per heavy atom. The Labute approximate surface area is 71.7 Å². The number of carbonyl (C=O) groups excluding carboxylic acids is 1. The molecule has 2 nitrogen and oxygen atoms in total. The van der Waals surface area contributed by atoms with Crippen LogP contribution in [0.3, 0.4) is 0 Å². The molecule has 2 unspecified atom stereocenters. The van der Waals surface area contributed by atoms with E-state index in [9.17, 15) is 4.79 Å². The van der Waals surface area contributed by atoms with Crippen LogP contribution in [0.2, 0.25) is 0 Å². The zero-order chi connectivity index (χ0) is 8.55. The number of carbonyl (C=O) groups is 1. The van der Waals surface area contributed by atoms with E-state index in [0.29, 0.717) is 5.92 Å². The summed E-state index contributed by atoms with van der Waals surface area (Å²) in [7, 11) is 0. The number of fused-ring (bicyclic) bond motifs is 1. The molecular weight excluding hydrogens is 150 g/mol. The van der Waals surface area contributed by atoms with Gasteiger partial charge in [-0.1, -0.05) is 24.3 Å². The molecule has 0 aromatic rings. The molecule has 12 heavy (non-hydrogen) atoms. The number of nitrogens with one attached hydrogen (secondary N) is 1. The zero-order valence-electron chi connectivity index (χ0n) is 6.95. The van der Waals surface area contributed by atoms with Gasteiger partial charge in [-0.05, 0) is 6.92 Å². The van der Waals surface area contributed by atoms with E-state index in [1.807, 2.05) is 19.1 Å². The van der Waals surface area contributed by atoms with Gasteiger partial charge in [0.2, 0.25) is 0 Å². The molecule has 0 spiro atoms. The summed E-state index contributed by atoms with van der Waals surface area (Å²) in [4.78, 5) is 10.6. The van der Waals surface area contributed by atoms with Gasteiger partial charge in [-0.25, -0.2) is 0 Å². The van der Waals surface area contributed by atoms with Crippen molar-refractivity contribution in [2.45, 2.75) is 13.0 Å². The number of hydrogen-bond donors (Lipinski definition) is 1. The molecule has 0 bridgehead atoms. The highest BCUT2D eigenvalue weighted by Crippen LogP contribution is 2.25. The number of aldehydes is 1. The van der Waals surface area contributed by atoms with Gasteiger partial charge in [-0.3, -0.25) is 4.79 Å². The smallest absolute Gasteiger partial charge is 0.148 e. The fourth-order valence-corrected chi connectivity index (χ4v) is 1.76. The van der Waals surface area contributed by atoms with Crippen molar-refractivity contribution in [2.24, 2.45) is 5.92 Å². The van der Waals surface area contributed by atoms with Crippen LogP contribution in [0.1, 0.15) is 6.92 Å². The van der Waals surface area contributed by atoms with Gasteiger partial charge >= 0.3 is 0 Å². The molecular formula is C10H11NO. The van der Waals surface area contributed by atoms with Gasteiger partial charge in [-0.15, -0.1) is 0 Å². The van der Waals surface area contributed by atoms with Gasteiger partial charge in [0.05, 0.1) is 6.04 Å². The highest BCUT2D eigenvalue weighted by atomic mass is 16.1. The van der Waals surface area contributed by atoms with E-state index in [-0.39, 0.29) is 6.04 Å². The highest BCUT2D eigenvalue weighted by molar-refractivity contribution is 5.77. The standard InChI is InChI=1S/C10H11NO/c1-7-5-8-3-2-4-9(6-12)10(8)11-7/h2-6,8,10-11H,1H3. The maximum Gasteiger partial charge on any atom is 0.148 e. The van der Waals surface area contributed by atoms with Gasteiger partial charge in [0.25, 0.3) is 0 Å². The van der Waals surface area contributed by atoms with Crippen molar-refractivity contribution in [1.29, 1.82) is 0 Å². The van der Waals surface area contributed by atoms with Crippen LogP contribution < -0.4 is 5.32 Å². The molecule has 0 aromatic heterocycles. The lowest BCUT2D eigenvalue weighted by atomic mass is 9.91. The summed E-state index contributed by atoms with van der Waals surface area (Å²) in [6.45, 7) is 2.02. The maximum atomic E-state index is 10.6. The SMILES string of the molecule is CC1=CC2C=CC=C(C=O)C2N1. The fourth-order valence-electron chi connectivity index (χ4n) is 1.76. The lowest BCUT2D eigenvalue weighted by Gasteiger charge is -2.20. The third-order valence-electron chi connectivity index (χ3n) is 2.33. The van der Waals surface area contributed by atoms with Crippen molar-refractivity contribution >= 4 is 6.29 Å². The van der Waals surface area contributed by atoms with Crippen molar-refractivity contribution < 1.29 is 4.79 Å². The molecule has 0 radical (unpaired) electrons. The van der Waals surface area contributed by atoms with E-state index >= 15 is 0 Å². The summed E-state index contributed by atoms with van der Waals surface area (Å²) in [5.74, 6) is 0.371. The summed E-state index contributed by atoms with van der Waals surface area (Å²) < 4.78 is 0. The van der Waals surface area contributed by atoms with Crippen molar-refractivity contribution in [1.82, 2.24) is 5.32 Å². The first-order valence-corrected chi connectivity index (χ1v) is 4.10. The molecule has 0 amide bonds. The summed E-state index contributed by atoms with van der Waals surface area (Å²) >= 11 is 0. The van der Waals surface area contributed by atoms with Crippen LogP contribution in [0.4, 0.5) is 0 Å². The minimum absolute atomic E-state index is 0.187. The average Bonchev–Trinajstić information content (AvgIpc) is 2.44. The van der Waals surface area contributed by atoms with Gasteiger partial charge in [0.1, 0.15) is 6.29 Å². The van der Waals surface area contributed by atoms with Crippen molar-refractivity contribution in [3.05, 3.63) is 35.6 Å². The lowest BCUT2D eigenvalue weighted by Crippen LogP contribution is -2.31. The summed E-state index contributed by atoms with van der Waals surface area (Å²) in [6.07, 6.45) is 9.01. The lowest BCUT2D eigenvalue weighted by molar-refractivity contribution is -0.105. The molecule has 1 aliphatic carbocycles. The molecule has 2 atom stereocenters. The first-order chi connectivity index (χ1) is 5.81. The molecule has 2 heteroatoms. The first kappa shape index (κ1) is 7.35. The third kappa shape index (κ3) is 0.998. The number of rotatable bonds is 1. The molecule has 2 rings (SSSR count). The molecule has 0 saturated heterocycles. The summed E-state index contributed by atoms with van der Waals surface area (Å²) in [5, 5.41) is 3.27. The topological polar surface area (TPSA) is 29.1 Å². The van der Waals surface area contributed by atoms with Gasteiger partial charge in [0.15, 0.2) is 0 Å². The second kappa shape index (κ2) is 2.63. The van der Waals surface area contributed by atoms with Crippen LogP contribution in [0.5, 0.6) is 0 Å². The van der Waals surface area contributed by atoms with Crippen molar-refractivity contribution in [3.63, 3.8) is 0 Å². The van der Waals surface area contributed by atoms with E-state index in [0.717, 1.165) is 17.6 Å². The Morgan fingerprint density at radius 3 is 3.17 bits per heavy atom. The maximum absolute atomic E-state index is 10.6. The predicted molar refractivity (Wildman–Crippen MR) is 47.5 cm³/mol. The Balaban J connectivity index is 2.29. The van der Waals surface area contributed by atoms with Gasteiger partial charge in [-0.2, -0.15) is 0 Å². The molecule has 1 heterocycles. The molecule has 1 aliphatic heterocycles. The summed E-state index contributed by atoms with van der Waals surface area (Å²) in [6, 6.07) is 0.187. The van der Waals surface area contributed by atoms with E-state index in [4.69, 9.17) is 0 Å². The second-order valence-electron chi connectivity index (χ2n) is 3.22. The minimum atomic E-state index is 0.187. The quantitative estimate of drug-likeness (QED) is 0.585. The molecule has 0 saturated carbocycles. The Kier molecular flexibility index (Phi) is 1.61.